The van der Waals surface area contributed by atoms with Gasteiger partial charge in [0.1, 0.15) is 0 Å². The Kier molecular flexibility index (Phi) is 43.9. The van der Waals surface area contributed by atoms with Crippen LogP contribution in [-0.2, 0) is 17.3 Å². The third kappa shape index (κ3) is 510. The minimum atomic E-state index is 0.120. The Balaban J connectivity index is -0.0000000492. The summed E-state index contributed by atoms with van der Waals surface area (Å²) in [5.74, 6) is 0. The van der Waals surface area contributed by atoms with Crippen LogP contribution in [0.1, 0.15) is 0 Å². The van der Waals surface area contributed by atoms with Gasteiger partial charge < -0.3 is 0 Å². The van der Waals surface area contributed by atoms with Gasteiger partial charge in [0.05, 0.1) is 0 Å². The first kappa shape index (κ1) is 25.1. The zero-order valence-corrected chi connectivity index (χ0v) is 16.7. The van der Waals surface area contributed by atoms with Crippen molar-refractivity contribution in [3.8, 4) is 0 Å². The molecule has 0 aromatic rings. The van der Waals surface area contributed by atoms with Gasteiger partial charge in [-0.25, -0.2) is 0 Å². The summed E-state index contributed by atoms with van der Waals surface area (Å²) < 4.78 is 0. The standard InChI is InChI=1S/3C3H9P.ClH.Ru/c3*1-4(2)3;;/h3*1-3H3;1H;/q;;;;+1/p+2. The van der Waals surface area contributed by atoms with Crippen molar-refractivity contribution in [2.24, 2.45) is 0 Å². The van der Waals surface area contributed by atoms with Gasteiger partial charge in [0, 0.05) is 60.0 Å². The summed E-state index contributed by atoms with van der Waals surface area (Å²) in [6.07, 6.45) is 0. The van der Waals surface area contributed by atoms with Crippen LogP contribution in [0.3, 0.4) is 0 Å². The average molecular weight is 368 g/mol. The van der Waals surface area contributed by atoms with Crippen LogP contribution in [0.4, 0.5) is 0 Å². The second-order valence-corrected chi connectivity index (χ2v) is 13.5. The van der Waals surface area contributed by atoms with Gasteiger partial charge in [-0.15, -0.1) is 0 Å². The summed E-state index contributed by atoms with van der Waals surface area (Å²) in [6, 6.07) is 0. The molecule has 0 rings (SSSR count). The Labute approximate surface area is 110 Å². The van der Waals surface area contributed by atoms with E-state index in [1.54, 1.807) is 0 Å². The van der Waals surface area contributed by atoms with Crippen molar-refractivity contribution < 1.29 is 17.3 Å². The molecule has 0 fully saturated rings. The van der Waals surface area contributed by atoms with Crippen molar-refractivity contribution >= 4 is 33.5 Å². The molecule has 0 radical (unpaired) electrons. The maximum atomic E-state index is 4.57. The van der Waals surface area contributed by atoms with E-state index in [2.05, 4.69) is 69.7 Å². The summed E-state index contributed by atoms with van der Waals surface area (Å²) >= 11 is 1.82. The summed E-state index contributed by atoms with van der Waals surface area (Å²) in [5, 5.41) is 0. The summed E-state index contributed by atoms with van der Waals surface area (Å²) in [6.45, 7) is 20.4. The molecule has 0 bridgehead atoms. The Morgan fingerprint density at radius 3 is 0.500 bits per heavy atom. The molecule has 0 spiro atoms. The molecule has 0 aliphatic carbocycles. The quantitative estimate of drug-likeness (QED) is 0.449. The molecule has 0 heterocycles. The summed E-state index contributed by atoms with van der Waals surface area (Å²) in [5.41, 5.74) is 0. The topological polar surface area (TPSA) is 0 Å². The first-order valence-corrected chi connectivity index (χ1v) is 15.9. The molecular weight excluding hydrogens is 338 g/mol. The Hall–Kier alpha value is 2.20. The van der Waals surface area contributed by atoms with Crippen LogP contribution in [0, 0.1) is 0 Å². The number of hydrogen-bond donors (Lipinski definition) is 0. The zero-order valence-electron chi connectivity index (χ0n) is 11.2. The second-order valence-electron chi connectivity index (χ2n) is 4.50. The fourth-order valence-electron chi connectivity index (χ4n) is 0. The molecule has 0 unspecified atom stereocenters. The Morgan fingerprint density at radius 1 is 0.500 bits per heavy atom. The Bertz CT molecular complexity index is 48.5. The molecular formula is C9H30ClP3Ru+3. The van der Waals surface area contributed by atoms with Gasteiger partial charge in [-0.3, -0.25) is 0 Å². The maximum absolute atomic E-state index is 4.57. The van der Waals surface area contributed by atoms with E-state index < -0.39 is 0 Å². The molecule has 0 nitrogen and oxygen atoms in total. The van der Waals surface area contributed by atoms with Crippen molar-refractivity contribution in [2.45, 2.75) is 0 Å². The molecule has 0 amide bonds. The van der Waals surface area contributed by atoms with E-state index in [0.717, 1.165) is 0 Å². The van der Waals surface area contributed by atoms with Gasteiger partial charge in [0.25, 0.3) is 0 Å². The predicted molar refractivity (Wildman–Crippen MR) is 84.1 cm³/mol. The van der Waals surface area contributed by atoms with Gasteiger partial charge in [0.2, 0.25) is 0 Å². The van der Waals surface area contributed by atoms with Crippen LogP contribution in [0.15, 0.2) is 0 Å². The van der Waals surface area contributed by atoms with Crippen LogP contribution in [0.25, 0.3) is 0 Å². The van der Waals surface area contributed by atoms with E-state index in [1.165, 1.54) is 0 Å². The van der Waals surface area contributed by atoms with Gasteiger partial charge in [-0.1, -0.05) is 0 Å². The van der Waals surface area contributed by atoms with E-state index >= 15 is 0 Å². The number of rotatable bonds is 0. The fraction of sp³-hybridized carbons (Fsp3) is 1.00. The summed E-state index contributed by atoms with van der Waals surface area (Å²) in [7, 11) is 4.93. The third-order valence-corrected chi connectivity index (χ3v) is 0. The molecule has 14 heavy (non-hydrogen) atoms. The van der Waals surface area contributed by atoms with E-state index in [1.807, 2.05) is 17.3 Å². The molecule has 5 heteroatoms. The van der Waals surface area contributed by atoms with Crippen LogP contribution in [0.2, 0.25) is 0 Å². The molecule has 0 aliphatic rings. The average Bonchev–Trinajstić information content (AvgIpc) is 1.86. The molecule has 0 aromatic carbocycles. The molecule has 0 saturated carbocycles. The first-order valence-electron chi connectivity index (χ1n) is 4.63. The van der Waals surface area contributed by atoms with Crippen LogP contribution in [0.5, 0.6) is 0 Å². The van der Waals surface area contributed by atoms with E-state index in [0.29, 0.717) is 0 Å². The zero-order chi connectivity index (χ0) is 12.7. The van der Waals surface area contributed by atoms with E-state index in [-0.39, 0.29) is 23.8 Å². The van der Waals surface area contributed by atoms with Crippen molar-refractivity contribution in [1.29, 1.82) is 0 Å². The van der Waals surface area contributed by atoms with Gasteiger partial charge in [-0.05, 0) is 23.8 Å². The Morgan fingerprint density at radius 2 is 0.500 bits per heavy atom. The minimum absolute atomic E-state index is 0.120. The van der Waals surface area contributed by atoms with Gasteiger partial charge in [-0.2, -0.15) is 0 Å². The van der Waals surface area contributed by atoms with Crippen molar-refractivity contribution in [3.63, 3.8) is 0 Å². The first-order chi connectivity index (χ1) is 6.20. The van der Waals surface area contributed by atoms with Crippen LogP contribution in [-0.4, -0.2) is 60.0 Å². The molecule has 0 atom stereocenters. The van der Waals surface area contributed by atoms with E-state index in [4.69, 9.17) is 0 Å². The monoisotopic (exact) mass is 368 g/mol. The van der Waals surface area contributed by atoms with Crippen LogP contribution < -0.4 is 0 Å². The number of hydrogen-bond acceptors (Lipinski definition) is 0. The van der Waals surface area contributed by atoms with Crippen LogP contribution >= 0.6 is 33.5 Å². The van der Waals surface area contributed by atoms with Gasteiger partial charge in [0.15, 0.2) is 0 Å². The molecule has 93 valence electrons. The normalized spacial score (nSPS) is 8.14. The molecule has 0 aromatic heterocycles. The predicted octanol–water partition coefficient (Wildman–Crippen LogP) is 3.96. The SMILES string of the molecule is C[PH+](C)C.C[PH+](C)C.C[PH+](C)C.[Cl][Ru]. The molecule has 0 N–H and O–H groups in total. The third-order valence-electron chi connectivity index (χ3n) is 0. The fourth-order valence-corrected chi connectivity index (χ4v) is 0. The summed E-state index contributed by atoms with van der Waals surface area (Å²) in [4.78, 5) is 0. The van der Waals surface area contributed by atoms with Crippen molar-refractivity contribution in [3.05, 3.63) is 0 Å². The number of halogens is 1. The molecule has 0 saturated heterocycles. The van der Waals surface area contributed by atoms with E-state index in [9.17, 15) is 0 Å². The van der Waals surface area contributed by atoms with Crippen molar-refractivity contribution in [1.82, 2.24) is 0 Å². The molecule has 0 aliphatic heterocycles. The van der Waals surface area contributed by atoms with Crippen molar-refractivity contribution in [2.75, 3.05) is 60.0 Å². The second kappa shape index (κ2) is 24.4. The van der Waals surface area contributed by atoms with Gasteiger partial charge >= 0.3 is 27.0 Å².